The van der Waals surface area contributed by atoms with Crippen LogP contribution in [-0.4, -0.2) is 34.3 Å². The number of aliphatic hydroxyl groups is 1. The zero-order chi connectivity index (χ0) is 13.3. The lowest BCUT2D eigenvalue weighted by atomic mass is 10.1. The molecule has 0 unspecified atom stereocenters. The molecule has 1 N–H and O–H groups in total. The zero-order valence-corrected chi connectivity index (χ0v) is 11.3. The molecule has 0 fully saturated rings. The monoisotopic (exact) mass is 262 g/mol. The van der Waals surface area contributed by atoms with Gasteiger partial charge in [0.15, 0.2) is 0 Å². The minimum atomic E-state index is 0.120. The van der Waals surface area contributed by atoms with Crippen molar-refractivity contribution in [3.63, 3.8) is 0 Å². The number of rotatable bonds is 9. The Morgan fingerprint density at radius 1 is 1.11 bits per heavy atom. The van der Waals surface area contributed by atoms with Crippen LogP contribution in [0.25, 0.3) is 5.52 Å². The minimum Gasteiger partial charge on any atom is -0.394 e. The van der Waals surface area contributed by atoms with Crippen LogP contribution >= 0.6 is 0 Å². The fraction of sp³-hybridized carbons (Fsp3) is 0.533. The van der Waals surface area contributed by atoms with Gasteiger partial charge in [-0.15, -0.1) is 0 Å². The molecule has 2 aromatic heterocycles. The third-order valence-electron chi connectivity index (χ3n) is 3.24. The van der Waals surface area contributed by atoms with Gasteiger partial charge < -0.3 is 14.2 Å². The summed E-state index contributed by atoms with van der Waals surface area (Å²) >= 11 is 0. The van der Waals surface area contributed by atoms with Crippen LogP contribution in [0.5, 0.6) is 0 Å². The van der Waals surface area contributed by atoms with E-state index < -0.39 is 0 Å². The summed E-state index contributed by atoms with van der Waals surface area (Å²) in [5, 5.41) is 8.57. The van der Waals surface area contributed by atoms with Gasteiger partial charge in [0, 0.05) is 12.3 Å². The fourth-order valence-electron chi connectivity index (χ4n) is 2.24. The predicted molar refractivity (Wildman–Crippen MR) is 75.3 cm³/mol. The molecule has 104 valence electrons. The highest BCUT2D eigenvalue weighted by atomic mass is 16.5. The standard InChI is InChI=1S/C15H22N2O2/c18-9-11-19-10-4-2-1-3-6-14-7-5-8-15-12-16-13-17(14)15/h5,7-8,12-13,18H,1-4,6,9-11H2. The van der Waals surface area contributed by atoms with Crippen molar-refractivity contribution in [2.24, 2.45) is 0 Å². The number of unbranched alkanes of at least 4 members (excludes halogenated alkanes) is 3. The number of aromatic nitrogens is 2. The summed E-state index contributed by atoms with van der Waals surface area (Å²) in [5.74, 6) is 0. The molecule has 4 nitrogen and oxygen atoms in total. The lowest BCUT2D eigenvalue weighted by Gasteiger charge is -2.05. The van der Waals surface area contributed by atoms with E-state index in [2.05, 4.69) is 27.6 Å². The van der Waals surface area contributed by atoms with E-state index in [1.165, 1.54) is 25.0 Å². The van der Waals surface area contributed by atoms with E-state index >= 15 is 0 Å². The largest absolute Gasteiger partial charge is 0.394 e. The molecular weight excluding hydrogens is 240 g/mol. The highest BCUT2D eigenvalue weighted by Gasteiger charge is 2.00. The molecule has 0 saturated carbocycles. The second-order valence-corrected chi connectivity index (χ2v) is 4.71. The van der Waals surface area contributed by atoms with Gasteiger partial charge in [0.1, 0.15) is 0 Å². The number of ether oxygens (including phenoxy) is 1. The lowest BCUT2D eigenvalue weighted by Crippen LogP contribution is -2.00. The van der Waals surface area contributed by atoms with Gasteiger partial charge in [0.25, 0.3) is 0 Å². The van der Waals surface area contributed by atoms with Gasteiger partial charge in [0.2, 0.25) is 0 Å². The smallest absolute Gasteiger partial charge is 0.0994 e. The van der Waals surface area contributed by atoms with Crippen molar-refractivity contribution in [2.75, 3.05) is 19.8 Å². The summed E-state index contributed by atoms with van der Waals surface area (Å²) in [6, 6.07) is 6.34. The molecule has 2 rings (SSSR count). The van der Waals surface area contributed by atoms with Crippen molar-refractivity contribution >= 4 is 5.52 Å². The van der Waals surface area contributed by atoms with E-state index in [1.807, 2.05) is 12.5 Å². The predicted octanol–water partition coefficient (Wildman–Crippen LogP) is 2.45. The number of aliphatic hydroxyl groups excluding tert-OH is 1. The molecule has 0 radical (unpaired) electrons. The maximum Gasteiger partial charge on any atom is 0.0994 e. The molecule has 0 aliphatic carbocycles. The molecule has 0 aliphatic heterocycles. The molecule has 0 amide bonds. The van der Waals surface area contributed by atoms with Gasteiger partial charge >= 0.3 is 0 Å². The summed E-state index contributed by atoms with van der Waals surface area (Å²) in [5.41, 5.74) is 2.49. The molecule has 0 aliphatic rings. The lowest BCUT2D eigenvalue weighted by molar-refractivity contribution is 0.0895. The quantitative estimate of drug-likeness (QED) is 0.706. The minimum absolute atomic E-state index is 0.120. The SMILES string of the molecule is OCCOCCCCCCc1cccc2cncn12. The summed E-state index contributed by atoms with van der Waals surface area (Å²) in [6.07, 6.45) is 9.53. The number of hydrogen-bond donors (Lipinski definition) is 1. The Bertz CT molecular complexity index is 482. The van der Waals surface area contributed by atoms with Crippen LogP contribution in [0.2, 0.25) is 0 Å². The summed E-state index contributed by atoms with van der Waals surface area (Å²) in [6.45, 7) is 1.34. The Kier molecular flexibility index (Phi) is 5.85. The van der Waals surface area contributed by atoms with E-state index in [0.29, 0.717) is 6.61 Å². The van der Waals surface area contributed by atoms with Crippen LogP contribution in [0.1, 0.15) is 31.4 Å². The Morgan fingerprint density at radius 2 is 2.00 bits per heavy atom. The average molecular weight is 262 g/mol. The van der Waals surface area contributed by atoms with Crippen molar-refractivity contribution in [3.05, 3.63) is 36.4 Å². The second-order valence-electron chi connectivity index (χ2n) is 4.71. The van der Waals surface area contributed by atoms with Crippen LogP contribution in [-0.2, 0) is 11.2 Å². The fourth-order valence-corrected chi connectivity index (χ4v) is 2.24. The second kappa shape index (κ2) is 7.92. The highest BCUT2D eigenvalue weighted by molar-refractivity contribution is 5.45. The number of imidazole rings is 1. The molecule has 0 aromatic carbocycles. The van der Waals surface area contributed by atoms with Crippen LogP contribution in [0.3, 0.4) is 0 Å². The number of aryl methyl sites for hydroxylation is 1. The maximum absolute atomic E-state index is 8.57. The third kappa shape index (κ3) is 4.33. The molecule has 4 heteroatoms. The van der Waals surface area contributed by atoms with Gasteiger partial charge in [-0.05, 0) is 31.4 Å². The first kappa shape index (κ1) is 14.0. The van der Waals surface area contributed by atoms with Crippen LogP contribution in [0, 0.1) is 0 Å². The van der Waals surface area contributed by atoms with Crippen molar-refractivity contribution in [3.8, 4) is 0 Å². The Balaban J connectivity index is 1.64. The first-order chi connectivity index (χ1) is 9.42. The van der Waals surface area contributed by atoms with Crippen LogP contribution < -0.4 is 0 Å². The number of nitrogens with zero attached hydrogens (tertiary/aromatic N) is 2. The van der Waals surface area contributed by atoms with Crippen molar-refractivity contribution in [1.82, 2.24) is 9.38 Å². The van der Waals surface area contributed by atoms with E-state index in [9.17, 15) is 0 Å². The summed E-state index contributed by atoms with van der Waals surface area (Å²) in [7, 11) is 0. The zero-order valence-electron chi connectivity index (χ0n) is 11.3. The van der Waals surface area contributed by atoms with E-state index in [4.69, 9.17) is 9.84 Å². The number of pyridine rings is 1. The topological polar surface area (TPSA) is 46.8 Å². The van der Waals surface area contributed by atoms with Gasteiger partial charge in [-0.3, -0.25) is 0 Å². The molecule has 2 heterocycles. The number of fused-ring (bicyclic) bond motifs is 1. The highest BCUT2D eigenvalue weighted by Crippen LogP contribution is 2.11. The van der Waals surface area contributed by atoms with Crippen LogP contribution in [0.15, 0.2) is 30.7 Å². The van der Waals surface area contributed by atoms with Crippen LogP contribution in [0.4, 0.5) is 0 Å². The Morgan fingerprint density at radius 3 is 2.89 bits per heavy atom. The Labute approximate surface area is 114 Å². The molecule has 0 atom stereocenters. The molecule has 2 aromatic rings. The van der Waals surface area contributed by atoms with Crippen molar-refractivity contribution < 1.29 is 9.84 Å². The first-order valence-electron chi connectivity index (χ1n) is 7.00. The summed E-state index contributed by atoms with van der Waals surface area (Å²) in [4.78, 5) is 4.17. The maximum atomic E-state index is 8.57. The molecule has 0 spiro atoms. The average Bonchev–Trinajstić information content (AvgIpc) is 2.91. The van der Waals surface area contributed by atoms with E-state index in [1.54, 1.807) is 0 Å². The number of hydrogen-bond acceptors (Lipinski definition) is 3. The van der Waals surface area contributed by atoms with Gasteiger partial charge in [0.05, 0.1) is 31.3 Å². The van der Waals surface area contributed by atoms with Crippen molar-refractivity contribution in [2.45, 2.75) is 32.1 Å². The Hall–Kier alpha value is -1.39. The first-order valence-corrected chi connectivity index (χ1v) is 7.00. The normalized spacial score (nSPS) is 11.2. The third-order valence-corrected chi connectivity index (χ3v) is 3.24. The van der Waals surface area contributed by atoms with E-state index in [-0.39, 0.29) is 6.61 Å². The summed E-state index contributed by atoms with van der Waals surface area (Å²) < 4.78 is 7.39. The molecule has 0 bridgehead atoms. The van der Waals surface area contributed by atoms with Gasteiger partial charge in [-0.1, -0.05) is 18.9 Å². The molecular formula is C15H22N2O2. The van der Waals surface area contributed by atoms with E-state index in [0.717, 1.165) is 25.0 Å². The van der Waals surface area contributed by atoms with Crippen molar-refractivity contribution in [1.29, 1.82) is 0 Å². The molecule has 19 heavy (non-hydrogen) atoms. The van der Waals surface area contributed by atoms with Gasteiger partial charge in [-0.25, -0.2) is 4.98 Å². The van der Waals surface area contributed by atoms with Gasteiger partial charge in [-0.2, -0.15) is 0 Å². The molecule has 0 saturated heterocycles.